The molecule has 1 N–H and O–H groups in total. The van der Waals surface area contributed by atoms with Gasteiger partial charge in [-0.05, 0) is 37.3 Å². The van der Waals surface area contributed by atoms with E-state index in [2.05, 4.69) is 5.32 Å². The molecular formula is C20H19Cl3N2O6S. The van der Waals surface area contributed by atoms with Crippen molar-refractivity contribution < 1.29 is 27.5 Å². The average Bonchev–Trinajstić information content (AvgIpc) is 2.74. The summed E-state index contributed by atoms with van der Waals surface area (Å²) in [5, 5.41) is 2.76. The number of anilines is 1. The SMILES string of the molecule is C[C@H](OC(=O)c1cc(S(=O)(=O)N2CCOCC2)c(Cl)cc1Cl)C(=O)Nc1cccc(Cl)c1. The molecule has 1 fully saturated rings. The number of esters is 1. The van der Waals surface area contributed by atoms with Crippen LogP contribution in [0, 0.1) is 0 Å². The van der Waals surface area contributed by atoms with Crippen molar-refractivity contribution in [2.75, 3.05) is 31.6 Å². The van der Waals surface area contributed by atoms with Gasteiger partial charge in [-0.3, -0.25) is 4.79 Å². The predicted octanol–water partition coefficient (Wildman–Crippen LogP) is 3.85. The number of hydrogen-bond acceptors (Lipinski definition) is 6. The maximum absolute atomic E-state index is 13.0. The van der Waals surface area contributed by atoms with Crippen LogP contribution in [-0.4, -0.2) is 57.0 Å². The van der Waals surface area contributed by atoms with E-state index in [1.165, 1.54) is 17.3 Å². The van der Waals surface area contributed by atoms with E-state index in [0.29, 0.717) is 10.7 Å². The first-order valence-corrected chi connectivity index (χ1v) is 12.0. The Labute approximate surface area is 200 Å². The van der Waals surface area contributed by atoms with Gasteiger partial charge in [-0.25, -0.2) is 13.2 Å². The fourth-order valence-electron chi connectivity index (χ4n) is 2.90. The molecule has 1 heterocycles. The minimum atomic E-state index is -3.99. The highest BCUT2D eigenvalue weighted by molar-refractivity contribution is 7.89. The van der Waals surface area contributed by atoms with Gasteiger partial charge in [0.05, 0.1) is 28.8 Å². The van der Waals surface area contributed by atoms with Gasteiger partial charge in [0.25, 0.3) is 5.91 Å². The summed E-state index contributed by atoms with van der Waals surface area (Å²) < 4.78 is 37.5. The van der Waals surface area contributed by atoms with Crippen LogP contribution in [0.5, 0.6) is 0 Å². The Morgan fingerprint density at radius 2 is 1.78 bits per heavy atom. The predicted molar refractivity (Wildman–Crippen MR) is 121 cm³/mol. The van der Waals surface area contributed by atoms with Crippen molar-refractivity contribution in [1.29, 1.82) is 0 Å². The Balaban J connectivity index is 1.78. The average molecular weight is 522 g/mol. The Kier molecular flexibility index (Phi) is 8.02. The Morgan fingerprint density at radius 3 is 2.44 bits per heavy atom. The van der Waals surface area contributed by atoms with Crippen molar-refractivity contribution >= 4 is 62.4 Å². The zero-order valence-electron chi connectivity index (χ0n) is 16.8. The second-order valence-corrected chi connectivity index (χ2v) is 9.98. The first-order valence-electron chi connectivity index (χ1n) is 9.44. The summed E-state index contributed by atoms with van der Waals surface area (Å²) in [5.41, 5.74) is 0.194. The zero-order chi connectivity index (χ0) is 23.5. The lowest BCUT2D eigenvalue weighted by atomic mass is 10.2. The molecule has 172 valence electrons. The first kappa shape index (κ1) is 24.8. The number of nitrogens with one attached hydrogen (secondary N) is 1. The molecule has 32 heavy (non-hydrogen) atoms. The second-order valence-electron chi connectivity index (χ2n) is 6.83. The molecule has 12 heteroatoms. The number of halogens is 3. The molecule has 1 atom stereocenters. The summed E-state index contributed by atoms with van der Waals surface area (Å²) >= 11 is 18.1. The van der Waals surface area contributed by atoms with Gasteiger partial charge in [-0.15, -0.1) is 0 Å². The highest BCUT2D eigenvalue weighted by atomic mass is 35.5. The molecule has 0 radical (unpaired) electrons. The number of carbonyl (C=O) groups excluding carboxylic acids is 2. The summed E-state index contributed by atoms with van der Waals surface area (Å²) in [5.74, 6) is -1.58. The number of nitrogens with zero attached hydrogens (tertiary/aromatic N) is 1. The first-order chi connectivity index (χ1) is 15.1. The summed E-state index contributed by atoms with van der Waals surface area (Å²) in [6.07, 6.45) is -1.20. The van der Waals surface area contributed by atoms with E-state index in [-0.39, 0.29) is 46.8 Å². The molecule has 0 unspecified atom stereocenters. The lowest BCUT2D eigenvalue weighted by molar-refractivity contribution is -0.123. The number of rotatable bonds is 6. The molecule has 8 nitrogen and oxygen atoms in total. The van der Waals surface area contributed by atoms with Crippen LogP contribution in [0.25, 0.3) is 0 Å². The third kappa shape index (κ3) is 5.72. The summed E-state index contributed by atoms with van der Waals surface area (Å²) in [6.45, 7) is 2.17. The van der Waals surface area contributed by atoms with Crippen LogP contribution in [0.2, 0.25) is 15.1 Å². The van der Waals surface area contributed by atoms with Crippen molar-refractivity contribution in [3.63, 3.8) is 0 Å². The van der Waals surface area contributed by atoms with Crippen LogP contribution < -0.4 is 5.32 Å². The fraction of sp³-hybridized carbons (Fsp3) is 0.300. The number of sulfonamides is 1. The molecule has 1 saturated heterocycles. The minimum absolute atomic E-state index is 0.108. The van der Waals surface area contributed by atoms with Crippen LogP contribution in [0.15, 0.2) is 41.3 Å². The van der Waals surface area contributed by atoms with E-state index < -0.39 is 28.0 Å². The van der Waals surface area contributed by atoms with E-state index >= 15 is 0 Å². The van der Waals surface area contributed by atoms with Crippen LogP contribution >= 0.6 is 34.8 Å². The van der Waals surface area contributed by atoms with Crippen molar-refractivity contribution in [2.24, 2.45) is 0 Å². The quantitative estimate of drug-likeness (QED) is 0.579. The molecule has 1 aliphatic heterocycles. The van der Waals surface area contributed by atoms with Crippen molar-refractivity contribution in [3.8, 4) is 0 Å². The molecule has 0 aromatic heterocycles. The van der Waals surface area contributed by atoms with E-state index in [1.807, 2.05) is 0 Å². The molecular weight excluding hydrogens is 503 g/mol. The number of hydrogen-bond donors (Lipinski definition) is 1. The van der Waals surface area contributed by atoms with Crippen molar-refractivity contribution in [3.05, 3.63) is 57.0 Å². The van der Waals surface area contributed by atoms with Crippen molar-refractivity contribution in [2.45, 2.75) is 17.9 Å². The molecule has 3 rings (SSSR count). The smallest absolute Gasteiger partial charge is 0.340 e. The van der Waals surface area contributed by atoms with Crippen LogP contribution in [0.3, 0.4) is 0 Å². The van der Waals surface area contributed by atoms with Gasteiger partial charge in [-0.2, -0.15) is 4.31 Å². The molecule has 2 aromatic carbocycles. The number of morpholine rings is 1. The summed E-state index contributed by atoms with van der Waals surface area (Å²) in [7, 11) is -3.99. The lowest BCUT2D eigenvalue weighted by Crippen LogP contribution is -2.40. The maximum Gasteiger partial charge on any atom is 0.340 e. The van der Waals surface area contributed by atoms with E-state index in [4.69, 9.17) is 44.3 Å². The number of benzene rings is 2. The molecule has 1 amide bonds. The van der Waals surface area contributed by atoms with Gasteiger partial charge in [0.15, 0.2) is 6.10 Å². The summed E-state index contributed by atoms with van der Waals surface area (Å²) in [6, 6.07) is 8.66. The molecule has 1 aliphatic rings. The molecule has 0 bridgehead atoms. The number of amides is 1. The topological polar surface area (TPSA) is 102 Å². The normalized spacial score (nSPS) is 15.8. The Bertz CT molecular complexity index is 1140. The lowest BCUT2D eigenvalue weighted by Gasteiger charge is -2.26. The Hall–Kier alpha value is -1.88. The van der Waals surface area contributed by atoms with Gasteiger partial charge in [0, 0.05) is 23.8 Å². The maximum atomic E-state index is 13.0. The second kappa shape index (κ2) is 10.4. The zero-order valence-corrected chi connectivity index (χ0v) is 19.9. The standard InChI is InChI=1S/C20H19Cl3N2O6S/c1-12(19(26)24-14-4-2-3-13(21)9-14)31-20(27)15-10-18(17(23)11-16(15)22)32(28,29)25-5-7-30-8-6-25/h2-4,9-12H,5-8H2,1H3,(H,24,26)/t12-/m0/s1. The molecule has 0 saturated carbocycles. The monoisotopic (exact) mass is 520 g/mol. The Morgan fingerprint density at radius 1 is 1.09 bits per heavy atom. The van der Waals surface area contributed by atoms with Gasteiger partial charge >= 0.3 is 5.97 Å². The molecule has 0 aliphatic carbocycles. The van der Waals surface area contributed by atoms with Crippen molar-refractivity contribution in [1.82, 2.24) is 4.31 Å². The van der Waals surface area contributed by atoms with Gasteiger partial charge < -0.3 is 14.8 Å². The van der Waals surface area contributed by atoms with Gasteiger partial charge in [0.1, 0.15) is 4.90 Å². The number of ether oxygens (including phenoxy) is 2. The fourth-order valence-corrected chi connectivity index (χ4v) is 5.32. The van der Waals surface area contributed by atoms with Crippen LogP contribution in [0.1, 0.15) is 17.3 Å². The largest absolute Gasteiger partial charge is 0.449 e. The van der Waals surface area contributed by atoms with Gasteiger partial charge in [-0.1, -0.05) is 40.9 Å². The highest BCUT2D eigenvalue weighted by Gasteiger charge is 2.31. The van der Waals surface area contributed by atoms with Crippen LogP contribution in [-0.2, 0) is 24.3 Å². The van der Waals surface area contributed by atoms with E-state index in [0.717, 1.165) is 12.1 Å². The minimum Gasteiger partial charge on any atom is -0.449 e. The third-order valence-electron chi connectivity index (χ3n) is 4.57. The summed E-state index contributed by atoms with van der Waals surface area (Å²) in [4.78, 5) is 24.8. The molecule has 0 spiro atoms. The highest BCUT2D eigenvalue weighted by Crippen LogP contribution is 2.31. The third-order valence-corrected chi connectivity index (χ3v) is 7.49. The van der Waals surface area contributed by atoms with Gasteiger partial charge in [0.2, 0.25) is 10.0 Å². The van der Waals surface area contributed by atoms with Crippen LogP contribution in [0.4, 0.5) is 5.69 Å². The van der Waals surface area contributed by atoms with E-state index in [9.17, 15) is 18.0 Å². The van der Waals surface area contributed by atoms with E-state index in [1.54, 1.807) is 18.2 Å². The number of carbonyl (C=O) groups is 2. The molecule has 2 aromatic rings.